The van der Waals surface area contributed by atoms with E-state index >= 15 is 0 Å². The molecule has 3 rings (SSSR count). The van der Waals surface area contributed by atoms with E-state index in [0.717, 1.165) is 38.3 Å². The molecule has 0 bridgehead atoms. The highest BCUT2D eigenvalue weighted by atomic mass is 32.2. The quantitative estimate of drug-likeness (QED) is 0.868. The Kier molecular flexibility index (Phi) is 3.29. The average molecular weight is 299 g/mol. The van der Waals surface area contributed by atoms with Crippen LogP contribution in [0.25, 0.3) is 0 Å². The van der Waals surface area contributed by atoms with Gasteiger partial charge in [0.05, 0.1) is 6.20 Å². The van der Waals surface area contributed by atoms with Gasteiger partial charge in [-0.2, -0.15) is 9.40 Å². The summed E-state index contributed by atoms with van der Waals surface area (Å²) in [6, 6.07) is 0.0127. The predicted octanol–water partition coefficient (Wildman–Crippen LogP) is 1.06. The first-order valence-corrected chi connectivity index (χ1v) is 8.24. The van der Waals surface area contributed by atoms with Crippen LogP contribution in [0.4, 0.5) is 0 Å². The maximum atomic E-state index is 12.7. The van der Waals surface area contributed by atoms with Gasteiger partial charge in [0, 0.05) is 12.6 Å². The van der Waals surface area contributed by atoms with Crippen molar-refractivity contribution >= 4 is 16.0 Å². The van der Waals surface area contributed by atoms with E-state index in [1.165, 1.54) is 4.31 Å². The molecule has 0 aromatic carbocycles. The molecule has 1 saturated carbocycles. The first kappa shape index (κ1) is 13.6. The number of nitrogens with one attached hydrogen (secondary N) is 1. The molecule has 0 spiro atoms. The van der Waals surface area contributed by atoms with Gasteiger partial charge in [-0.3, -0.25) is 5.10 Å². The summed E-state index contributed by atoms with van der Waals surface area (Å²) < 4.78 is 26.9. The molecule has 2 heterocycles. The Labute approximate surface area is 117 Å². The highest BCUT2D eigenvalue weighted by Crippen LogP contribution is 2.39. The number of rotatable bonds is 3. The standard InChI is InChI=1S/C12H17N3O4S/c16-12(17)9-7-13-14-11(9)20(18,19)15-6-2-4-8-3-1-5-10(8)15/h7-8,10H,1-6H2,(H,13,14)(H,16,17). The van der Waals surface area contributed by atoms with Crippen LogP contribution in [0.15, 0.2) is 11.2 Å². The van der Waals surface area contributed by atoms with Gasteiger partial charge in [-0.1, -0.05) is 6.42 Å². The van der Waals surface area contributed by atoms with Crippen LogP contribution in [0.2, 0.25) is 0 Å². The molecular weight excluding hydrogens is 282 g/mol. The van der Waals surface area contributed by atoms with Gasteiger partial charge in [0.25, 0.3) is 10.0 Å². The van der Waals surface area contributed by atoms with Crippen molar-refractivity contribution in [3.05, 3.63) is 11.8 Å². The van der Waals surface area contributed by atoms with E-state index in [1.807, 2.05) is 0 Å². The molecule has 0 amide bonds. The first-order chi connectivity index (χ1) is 9.51. The molecule has 8 heteroatoms. The summed E-state index contributed by atoms with van der Waals surface area (Å²) in [5.41, 5.74) is -0.287. The normalized spacial score (nSPS) is 27.4. The lowest BCUT2D eigenvalue weighted by Crippen LogP contribution is -2.46. The molecule has 2 unspecified atom stereocenters. The van der Waals surface area contributed by atoms with E-state index in [9.17, 15) is 13.2 Å². The van der Waals surface area contributed by atoms with Crippen LogP contribution < -0.4 is 0 Å². The van der Waals surface area contributed by atoms with Crippen LogP contribution in [0.1, 0.15) is 42.5 Å². The molecule has 7 nitrogen and oxygen atoms in total. The molecular formula is C12H17N3O4S. The molecule has 20 heavy (non-hydrogen) atoms. The molecule has 1 aromatic heterocycles. The zero-order valence-electron chi connectivity index (χ0n) is 10.9. The second kappa shape index (κ2) is 4.85. The fourth-order valence-electron chi connectivity index (χ4n) is 3.45. The van der Waals surface area contributed by atoms with E-state index in [0.29, 0.717) is 12.5 Å². The van der Waals surface area contributed by atoms with Crippen LogP contribution in [0.5, 0.6) is 0 Å². The monoisotopic (exact) mass is 299 g/mol. The third kappa shape index (κ3) is 2.03. The number of hydrogen-bond donors (Lipinski definition) is 2. The van der Waals surface area contributed by atoms with Crippen molar-refractivity contribution in [2.45, 2.75) is 43.2 Å². The van der Waals surface area contributed by atoms with Crippen LogP contribution in [0.3, 0.4) is 0 Å². The van der Waals surface area contributed by atoms with Gasteiger partial charge >= 0.3 is 5.97 Å². The smallest absolute Gasteiger partial charge is 0.340 e. The molecule has 2 atom stereocenters. The second-order valence-corrected chi connectivity index (χ2v) is 7.26. The third-order valence-corrected chi connectivity index (χ3v) is 6.24. The van der Waals surface area contributed by atoms with Gasteiger partial charge in [0.15, 0.2) is 5.03 Å². The SMILES string of the molecule is O=C(O)c1cn[nH]c1S(=O)(=O)N1CCCC2CCCC21. The first-order valence-electron chi connectivity index (χ1n) is 6.80. The molecule has 2 fully saturated rings. The van der Waals surface area contributed by atoms with E-state index in [-0.39, 0.29) is 16.6 Å². The number of aromatic nitrogens is 2. The van der Waals surface area contributed by atoms with Gasteiger partial charge in [0.1, 0.15) is 5.56 Å². The van der Waals surface area contributed by atoms with Crippen molar-refractivity contribution in [2.24, 2.45) is 5.92 Å². The Bertz CT molecular complexity index is 624. The number of hydrogen-bond acceptors (Lipinski definition) is 4. The Morgan fingerprint density at radius 3 is 2.85 bits per heavy atom. The lowest BCUT2D eigenvalue weighted by atomic mass is 9.94. The minimum atomic E-state index is -3.81. The zero-order chi connectivity index (χ0) is 14.3. The van der Waals surface area contributed by atoms with Gasteiger partial charge < -0.3 is 5.11 Å². The number of piperidine rings is 1. The second-order valence-electron chi connectivity index (χ2n) is 5.43. The number of carboxylic acid groups (broad SMARTS) is 1. The molecule has 2 aliphatic rings. The zero-order valence-corrected chi connectivity index (χ0v) is 11.8. The number of aromatic carboxylic acids is 1. The van der Waals surface area contributed by atoms with Crippen molar-refractivity contribution in [2.75, 3.05) is 6.54 Å². The highest BCUT2D eigenvalue weighted by molar-refractivity contribution is 7.89. The van der Waals surface area contributed by atoms with Crippen molar-refractivity contribution in [3.63, 3.8) is 0 Å². The van der Waals surface area contributed by atoms with E-state index in [1.54, 1.807) is 0 Å². The average Bonchev–Trinajstić information content (AvgIpc) is 3.06. The molecule has 1 aliphatic carbocycles. The number of carbonyl (C=O) groups is 1. The van der Waals surface area contributed by atoms with Gasteiger partial charge in [-0.25, -0.2) is 13.2 Å². The summed E-state index contributed by atoms with van der Waals surface area (Å²) in [6.45, 7) is 0.460. The molecule has 1 saturated heterocycles. The Balaban J connectivity index is 1.99. The van der Waals surface area contributed by atoms with Crippen LogP contribution in [-0.4, -0.2) is 46.6 Å². The number of H-pyrrole nitrogens is 1. The van der Waals surface area contributed by atoms with Crippen LogP contribution in [0, 0.1) is 5.92 Å². The molecule has 110 valence electrons. The Morgan fingerprint density at radius 1 is 1.35 bits per heavy atom. The number of sulfonamides is 1. The van der Waals surface area contributed by atoms with Crippen LogP contribution in [-0.2, 0) is 10.0 Å². The van der Waals surface area contributed by atoms with Crippen LogP contribution >= 0.6 is 0 Å². The summed E-state index contributed by atoms with van der Waals surface area (Å²) in [4.78, 5) is 11.1. The van der Waals surface area contributed by atoms with Gasteiger partial charge in [0.2, 0.25) is 0 Å². The highest BCUT2D eigenvalue weighted by Gasteiger charge is 2.43. The van der Waals surface area contributed by atoms with Crippen molar-refractivity contribution < 1.29 is 18.3 Å². The van der Waals surface area contributed by atoms with E-state index in [2.05, 4.69) is 10.2 Å². The molecule has 1 aliphatic heterocycles. The van der Waals surface area contributed by atoms with E-state index < -0.39 is 16.0 Å². The minimum Gasteiger partial charge on any atom is -0.478 e. The summed E-state index contributed by atoms with van der Waals surface area (Å²) in [6.07, 6.45) is 5.90. The lowest BCUT2D eigenvalue weighted by Gasteiger charge is -2.36. The van der Waals surface area contributed by atoms with Crippen molar-refractivity contribution in [3.8, 4) is 0 Å². The summed E-state index contributed by atoms with van der Waals surface area (Å²) in [5, 5.41) is 14.7. The van der Waals surface area contributed by atoms with Gasteiger partial charge in [-0.15, -0.1) is 0 Å². The predicted molar refractivity (Wildman–Crippen MR) is 69.8 cm³/mol. The number of carboxylic acids is 1. The summed E-state index contributed by atoms with van der Waals surface area (Å²) in [7, 11) is -3.81. The largest absolute Gasteiger partial charge is 0.478 e. The number of nitrogens with zero attached hydrogens (tertiary/aromatic N) is 2. The van der Waals surface area contributed by atoms with E-state index in [4.69, 9.17) is 5.11 Å². The lowest BCUT2D eigenvalue weighted by molar-refractivity contribution is 0.0692. The fraction of sp³-hybridized carbons (Fsp3) is 0.667. The summed E-state index contributed by atoms with van der Waals surface area (Å²) >= 11 is 0. The maximum Gasteiger partial charge on any atom is 0.340 e. The van der Waals surface area contributed by atoms with Crippen molar-refractivity contribution in [1.29, 1.82) is 0 Å². The topological polar surface area (TPSA) is 103 Å². The summed E-state index contributed by atoms with van der Waals surface area (Å²) in [5.74, 6) is -0.868. The number of fused-ring (bicyclic) bond motifs is 1. The maximum absolute atomic E-state index is 12.7. The molecule has 1 aromatic rings. The fourth-order valence-corrected chi connectivity index (χ4v) is 5.27. The number of aromatic amines is 1. The minimum absolute atomic E-state index is 0.0127. The molecule has 2 N–H and O–H groups in total. The van der Waals surface area contributed by atoms with Crippen molar-refractivity contribution in [1.82, 2.24) is 14.5 Å². The third-order valence-electron chi connectivity index (χ3n) is 4.34. The Morgan fingerprint density at radius 2 is 2.10 bits per heavy atom. The van der Waals surface area contributed by atoms with Gasteiger partial charge in [-0.05, 0) is 31.6 Å². The molecule has 0 radical (unpaired) electrons. The Hall–Kier alpha value is -1.41.